The maximum Gasteiger partial charge on any atom is 0.421 e. The van der Waals surface area contributed by atoms with Gasteiger partial charge in [-0.1, -0.05) is 77.9 Å². The first kappa shape index (κ1) is 51.1. The van der Waals surface area contributed by atoms with E-state index in [4.69, 9.17) is 24.1 Å². The topological polar surface area (TPSA) is 129 Å². The fourth-order valence-corrected chi connectivity index (χ4v) is 7.76. The predicted molar refractivity (Wildman–Crippen MR) is 228 cm³/mol. The number of phenols is 1. The van der Waals surface area contributed by atoms with Gasteiger partial charge in [0.25, 0.3) is 0 Å². The summed E-state index contributed by atoms with van der Waals surface area (Å²) in [5, 5.41) is 18.5. The number of carbonyl (C=O) groups excluding carboxylic acids is 3. The van der Waals surface area contributed by atoms with E-state index in [0.29, 0.717) is 36.0 Å². The van der Waals surface area contributed by atoms with Crippen LogP contribution < -0.4 is 0 Å². The van der Waals surface area contributed by atoms with Crippen molar-refractivity contribution in [2.75, 3.05) is 18.1 Å². The summed E-state index contributed by atoms with van der Waals surface area (Å²) in [6.07, 6.45) is 0.0487. The number of fused-ring (bicyclic) bond motifs is 1. The summed E-state index contributed by atoms with van der Waals surface area (Å²) >= 11 is 1.76. The molecule has 0 radical (unpaired) electrons. The Morgan fingerprint density at radius 2 is 1.32 bits per heavy atom. The highest BCUT2D eigenvalue weighted by atomic mass is 32.2. The van der Waals surface area contributed by atoms with E-state index in [1.807, 2.05) is 67.5 Å². The number of benzene rings is 2. The van der Waals surface area contributed by atoms with Crippen LogP contribution in [0, 0.1) is 28.6 Å². The van der Waals surface area contributed by atoms with Crippen LogP contribution >= 0.6 is 11.8 Å². The van der Waals surface area contributed by atoms with Crippen molar-refractivity contribution in [1.29, 1.82) is 0 Å². The van der Waals surface area contributed by atoms with Gasteiger partial charge < -0.3 is 29.2 Å². The van der Waals surface area contributed by atoms with Crippen molar-refractivity contribution < 1.29 is 56.7 Å². The molecule has 4 fully saturated rings. The van der Waals surface area contributed by atoms with Gasteiger partial charge in [0.05, 0.1) is 29.1 Å². The second kappa shape index (κ2) is 21.7. The number of ether oxygens (including phenoxy) is 4. The molecule has 13 heteroatoms. The lowest BCUT2D eigenvalue weighted by Crippen LogP contribution is -2.39. The molecule has 0 aromatic heterocycles. The van der Waals surface area contributed by atoms with Crippen molar-refractivity contribution in [3.8, 4) is 5.75 Å². The fraction of sp³-hybridized carbons (Fsp3) is 0.681. The minimum Gasteiger partial charge on any atom is -0.508 e. The maximum atomic E-state index is 12.6. The highest BCUT2D eigenvalue weighted by Gasteiger charge is 2.63. The summed E-state index contributed by atoms with van der Waals surface area (Å²) in [7, 11) is 0. The number of aromatic hydroxyl groups is 1. The third-order valence-corrected chi connectivity index (χ3v) is 13.8. The van der Waals surface area contributed by atoms with Crippen molar-refractivity contribution in [2.45, 2.75) is 157 Å². The monoisotopic (exact) mass is 866 g/mol. The van der Waals surface area contributed by atoms with Gasteiger partial charge in [0.1, 0.15) is 18.0 Å². The molecule has 2 N–H and O–H groups in total. The number of aliphatic hydroxyl groups is 1. The zero-order valence-corrected chi connectivity index (χ0v) is 38.2. The lowest BCUT2D eigenvalue weighted by molar-refractivity contribution is -0.258. The van der Waals surface area contributed by atoms with Crippen LogP contribution in [-0.2, 0) is 38.9 Å². The Morgan fingerprint density at radius 3 is 1.77 bits per heavy atom. The van der Waals surface area contributed by atoms with Crippen LogP contribution in [-0.4, -0.2) is 70.9 Å². The van der Waals surface area contributed by atoms with Crippen LogP contribution in [0.1, 0.15) is 143 Å². The number of thioether (sulfide) groups is 1. The largest absolute Gasteiger partial charge is 0.508 e. The molecule has 2 aliphatic heterocycles. The van der Waals surface area contributed by atoms with E-state index in [1.165, 1.54) is 17.7 Å². The Labute approximate surface area is 359 Å². The van der Waals surface area contributed by atoms with Crippen molar-refractivity contribution >= 4 is 29.7 Å². The Bertz CT molecular complexity index is 1670. The number of hydrogen-bond donors (Lipinski definition) is 2. The summed E-state index contributed by atoms with van der Waals surface area (Å²) in [5.41, 5.74) is -1.49. The van der Waals surface area contributed by atoms with E-state index in [1.54, 1.807) is 36.0 Å². The van der Waals surface area contributed by atoms with Crippen LogP contribution in [0.4, 0.5) is 13.2 Å². The van der Waals surface area contributed by atoms with E-state index in [0.717, 1.165) is 62.5 Å². The lowest BCUT2D eigenvalue weighted by Gasteiger charge is -2.29. The molecule has 2 aromatic carbocycles. The number of phenolic OH excluding ortho intramolecular Hbond substituents is 1. The molecule has 9 nitrogen and oxygen atoms in total. The average Bonchev–Trinajstić information content (AvgIpc) is 3.87. The summed E-state index contributed by atoms with van der Waals surface area (Å²) in [6, 6.07) is 13.4. The molecule has 0 amide bonds. The summed E-state index contributed by atoms with van der Waals surface area (Å²) < 4.78 is 59.4. The van der Waals surface area contributed by atoms with Crippen LogP contribution in [0.3, 0.4) is 0 Å². The van der Waals surface area contributed by atoms with E-state index in [9.17, 15) is 32.7 Å². The molecular weight excluding hydrogens is 798 g/mol. The van der Waals surface area contributed by atoms with Gasteiger partial charge in [-0.3, -0.25) is 14.4 Å². The number of carbonyl (C=O) groups is 3. The lowest BCUT2D eigenvalue weighted by atomic mass is 9.87. The molecular formula is C47H69F3O9S. The highest BCUT2D eigenvalue weighted by Crippen LogP contribution is 2.55. The molecule has 9 unspecified atom stereocenters. The van der Waals surface area contributed by atoms with Gasteiger partial charge in [-0.05, 0) is 114 Å². The molecule has 2 aliphatic carbocycles. The average molecular weight is 867 g/mol. The quantitative estimate of drug-likeness (QED) is 0.166. The number of alkyl halides is 3. The minimum atomic E-state index is -4.66. The Morgan fingerprint density at radius 1 is 0.817 bits per heavy atom. The van der Waals surface area contributed by atoms with Crippen LogP contribution in [0.15, 0.2) is 48.5 Å². The number of hydrogen-bond acceptors (Lipinski definition) is 10. The molecule has 9 atom stereocenters. The number of halogens is 3. The van der Waals surface area contributed by atoms with E-state index in [2.05, 4.69) is 13.8 Å². The van der Waals surface area contributed by atoms with Crippen molar-refractivity contribution in [2.24, 2.45) is 28.6 Å². The van der Waals surface area contributed by atoms with E-state index in [-0.39, 0.29) is 47.9 Å². The molecule has 60 heavy (non-hydrogen) atoms. The van der Waals surface area contributed by atoms with Crippen LogP contribution in [0.2, 0.25) is 0 Å². The number of esters is 3. The van der Waals surface area contributed by atoms with Crippen molar-refractivity contribution in [1.82, 2.24) is 0 Å². The minimum absolute atomic E-state index is 0.0779. The van der Waals surface area contributed by atoms with Crippen LogP contribution in [0.25, 0.3) is 0 Å². The predicted octanol–water partition coefficient (Wildman–Crippen LogP) is 10.8. The highest BCUT2D eigenvalue weighted by molar-refractivity contribution is 7.99. The van der Waals surface area contributed by atoms with E-state index < -0.39 is 22.6 Å². The van der Waals surface area contributed by atoms with Crippen molar-refractivity contribution in [3.05, 3.63) is 65.2 Å². The molecule has 0 spiro atoms. The summed E-state index contributed by atoms with van der Waals surface area (Å²) in [5.74, 6) is 3.28. The zero-order chi connectivity index (χ0) is 45.2. The summed E-state index contributed by atoms with van der Waals surface area (Å²) in [6.45, 7) is 21.4. The first-order valence-corrected chi connectivity index (χ1v) is 22.6. The molecule has 6 rings (SSSR count). The zero-order valence-electron chi connectivity index (χ0n) is 37.4. The van der Waals surface area contributed by atoms with Gasteiger partial charge in [-0.2, -0.15) is 24.9 Å². The Balaban J connectivity index is 0.000000217. The SMILES string of the molecule is CCC(C)(C)C(=O)OC1C2CC3C(=O)OC1C3C2.CCC(C)(C)C(=O)OC1CSCCO1.CCC(C)c1ccc(C(C)(O)C(F)(F)F)cc1.CCC(C)c1ccc(O)cc1. The molecule has 2 bridgehead atoms. The summed E-state index contributed by atoms with van der Waals surface area (Å²) in [4.78, 5) is 35.4. The molecule has 2 saturated heterocycles. The molecule has 338 valence electrons. The van der Waals surface area contributed by atoms with Gasteiger partial charge in [-0.15, -0.1) is 0 Å². The van der Waals surface area contributed by atoms with Gasteiger partial charge in [0.2, 0.25) is 6.29 Å². The second-order valence-corrected chi connectivity index (χ2v) is 19.1. The van der Waals surface area contributed by atoms with Gasteiger partial charge >= 0.3 is 24.1 Å². The Hall–Kier alpha value is -3.29. The molecule has 2 saturated carbocycles. The fourth-order valence-electron chi connectivity index (χ4n) is 7.02. The number of rotatable bonds is 11. The standard InChI is InChI=1S/C14H20O4.C13H17F3O.C10H18O3S.C10H14O/c1-4-14(2,3)13(16)18-10-7-5-8-9(6-7)12(15)17-11(8)10;1-4-9(2)10-5-7-11(8-6-10)12(3,17)13(14,15)16;1-4-10(2,3)9(11)13-8-7-14-6-5-12-8;1-3-8(2)9-4-6-10(11)7-5-9/h7-11H,4-6H2,1-3H3;5-9,17H,4H2,1-3H3;8H,4-7H2,1-3H3;4-8,11H,3H2,1-2H3. The maximum absolute atomic E-state index is 12.6. The van der Waals surface area contributed by atoms with Gasteiger partial charge in [0, 0.05) is 17.6 Å². The first-order valence-electron chi connectivity index (χ1n) is 21.4. The Kier molecular flexibility index (Phi) is 18.4. The van der Waals surface area contributed by atoms with Crippen molar-refractivity contribution in [3.63, 3.8) is 0 Å². The smallest absolute Gasteiger partial charge is 0.421 e. The third-order valence-electron chi connectivity index (χ3n) is 12.8. The van der Waals surface area contributed by atoms with Gasteiger partial charge in [-0.25, -0.2) is 0 Å². The molecule has 4 aliphatic rings. The van der Waals surface area contributed by atoms with Gasteiger partial charge in [0.15, 0.2) is 5.60 Å². The molecule has 2 aromatic rings. The first-order chi connectivity index (χ1) is 27.9. The third kappa shape index (κ3) is 13.1. The molecule has 2 heterocycles. The van der Waals surface area contributed by atoms with Crippen LogP contribution in [0.5, 0.6) is 5.75 Å². The van der Waals surface area contributed by atoms with E-state index >= 15 is 0 Å². The second-order valence-electron chi connectivity index (χ2n) is 17.9. The normalized spacial score (nSPS) is 25.1.